The fourth-order valence-corrected chi connectivity index (χ4v) is 1.80. The maximum atomic E-state index is 12.7. The van der Waals surface area contributed by atoms with Crippen molar-refractivity contribution in [3.63, 3.8) is 0 Å². The van der Waals surface area contributed by atoms with Gasteiger partial charge in [0, 0.05) is 5.69 Å². The number of hydrogen-bond acceptors (Lipinski definition) is 4. The average molecular weight is 332 g/mol. The number of hydrogen-bond donors (Lipinski definition) is 2. The molecule has 24 heavy (non-hydrogen) atoms. The molecule has 0 spiro atoms. The van der Waals surface area contributed by atoms with E-state index in [-0.39, 0.29) is 31.4 Å². The lowest BCUT2D eigenvalue weighted by Gasteiger charge is -2.08. The highest BCUT2D eigenvalue weighted by atomic mass is 19.1. The molecule has 0 aliphatic rings. The topological polar surface area (TPSA) is 90.7 Å². The van der Waals surface area contributed by atoms with Crippen molar-refractivity contribution in [2.24, 2.45) is 5.73 Å². The maximum absolute atomic E-state index is 12.7. The van der Waals surface area contributed by atoms with Crippen molar-refractivity contribution in [1.29, 1.82) is 0 Å². The van der Waals surface area contributed by atoms with E-state index in [2.05, 4.69) is 5.32 Å². The predicted octanol–water partition coefficient (Wildman–Crippen LogP) is 2.10. The fraction of sp³-hybridized carbons (Fsp3) is 0.176. The SMILES string of the molecule is NC(=O)COc1ccc(NC(=O)CCOc2ccc(F)cc2)cc1. The van der Waals surface area contributed by atoms with Crippen molar-refractivity contribution in [3.05, 3.63) is 54.3 Å². The van der Waals surface area contributed by atoms with Crippen LogP contribution in [0.15, 0.2) is 48.5 Å². The maximum Gasteiger partial charge on any atom is 0.255 e. The number of halogens is 1. The largest absolute Gasteiger partial charge is 0.493 e. The van der Waals surface area contributed by atoms with E-state index < -0.39 is 5.91 Å². The standard InChI is InChI=1S/C17H17FN2O4/c18-12-1-5-14(6-2-12)23-10-9-17(22)20-13-3-7-15(8-4-13)24-11-16(19)21/h1-8H,9-11H2,(H2,19,21)(H,20,22). The number of ether oxygens (including phenoxy) is 2. The average Bonchev–Trinajstić information content (AvgIpc) is 2.56. The third-order valence-corrected chi connectivity index (χ3v) is 2.93. The summed E-state index contributed by atoms with van der Waals surface area (Å²) in [6.45, 7) is -0.0241. The van der Waals surface area contributed by atoms with Gasteiger partial charge in [0.2, 0.25) is 5.91 Å². The van der Waals surface area contributed by atoms with Crippen molar-refractivity contribution >= 4 is 17.5 Å². The van der Waals surface area contributed by atoms with Crippen LogP contribution in [0.25, 0.3) is 0 Å². The zero-order valence-corrected chi connectivity index (χ0v) is 12.8. The van der Waals surface area contributed by atoms with E-state index in [1.807, 2.05) is 0 Å². The van der Waals surface area contributed by atoms with Crippen LogP contribution in [0.3, 0.4) is 0 Å². The Kier molecular flexibility index (Phi) is 6.13. The molecule has 0 heterocycles. The first kappa shape index (κ1) is 17.3. The third-order valence-electron chi connectivity index (χ3n) is 2.93. The molecule has 0 saturated carbocycles. The van der Waals surface area contributed by atoms with Gasteiger partial charge in [-0.1, -0.05) is 0 Å². The molecule has 0 fully saturated rings. The van der Waals surface area contributed by atoms with Gasteiger partial charge in [0.15, 0.2) is 6.61 Å². The van der Waals surface area contributed by atoms with Crippen molar-refractivity contribution in [2.45, 2.75) is 6.42 Å². The number of rotatable bonds is 8. The first-order valence-corrected chi connectivity index (χ1v) is 7.22. The minimum absolute atomic E-state index is 0.150. The molecule has 0 aliphatic heterocycles. The monoisotopic (exact) mass is 332 g/mol. The van der Waals surface area contributed by atoms with Gasteiger partial charge in [-0.15, -0.1) is 0 Å². The molecule has 2 amide bonds. The highest BCUT2D eigenvalue weighted by molar-refractivity contribution is 5.90. The molecule has 0 unspecified atom stereocenters. The molecule has 0 atom stereocenters. The highest BCUT2D eigenvalue weighted by Gasteiger charge is 2.04. The molecule has 0 saturated heterocycles. The van der Waals surface area contributed by atoms with Gasteiger partial charge in [0.1, 0.15) is 17.3 Å². The molecular weight excluding hydrogens is 315 g/mol. The summed E-state index contributed by atoms with van der Waals surface area (Å²) in [5, 5.41) is 2.70. The van der Waals surface area contributed by atoms with Crippen molar-refractivity contribution < 1.29 is 23.5 Å². The summed E-state index contributed by atoms with van der Waals surface area (Å²) >= 11 is 0. The lowest BCUT2D eigenvalue weighted by molar-refractivity contribution is -0.120. The van der Waals surface area contributed by atoms with Crippen LogP contribution in [0.5, 0.6) is 11.5 Å². The summed E-state index contributed by atoms with van der Waals surface area (Å²) in [5.74, 6) is -0.147. The molecule has 0 bridgehead atoms. The van der Waals surface area contributed by atoms with E-state index in [1.165, 1.54) is 24.3 Å². The Labute approximate surface area is 138 Å². The third kappa shape index (κ3) is 5.96. The second kappa shape index (κ2) is 8.52. The Morgan fingerprint density at radius 2 is 1.54 bits per heavy atom. The number of benzene rings is 2. The van der Waals surface area contributed by atoms with Crippen LogP contribution in [0.2, 0.25) is 0 Å². The smallest absolute Gasteiger partial charge is 0.255 e. The Bertz CT molecular complexity index is 687. The molecule has 6 nitrogen and oxygen atoms in total. The van der Waals surface area contributed by atoms with Crippen LogP contribution >= 0.6 is 0 Å². The van der Waals surface area contributed by atoms with Crippen LogP contribution in [0.4, 0.5) is 10.1 Å². The summed E-state index contributed by atoms with van der Waals surface area (Å²) < 4.78 is 23.2. The summed E-state index contributed by atoms with van der Waals surface area (Å²) in [7, 11) is 0. The Hall–Kier alpha value is -3.09. The number of anilines is 1. The van der Waals surface area contributed by atoms with Gasteiger partial charge in [-0.2, -0.15) is 0 Å². The number of nitrogens with one attached hydrogen (secondary N) is 1. The summed E-state index contributed by atoms with van der Waals surface area (Å²) in [4.78, 5) is 22.4. The van der Waals surface area contributed by atoms with Crippen LogP contribution in [0.1, 0.15) is 6.42 Å². The first-order valence-electron chi connectivity index (χ1n) is 7.22. The minimum atomic E-state index is -0.562. The van der Waals surface area contributed by atoms with Crippen LogP contribution in [-0.2, 0) is 9.59 Å². The Balaban J connectivity index is 1.73. The molecule has 3 N–H and O–H groups in total. The van der Waals surface area contributed by atoms with E-state index in [0.717, 1.165) is 0 Å². The van der Waals surface area contributed by atoms with E-state index in [9.17, 15) is 14.0 Å². The van der Waals surface area contributed by atoms with E-state index >= 15 is 0 Å². The number of nitrogens with two attached hydrogens (primary N) is 1. The van der Waals surface area contributed by atoms with Gasteiger partial charge < -0.3 is 20.5 Å². The fourth-order valence-electron chi connectivity index (χ4n) is 1.80. The van der Waals surface area contributed by atoms with Crippen LogP contribution in [-0.4, -0.2) is 25.0 Å². The highest BCUT2D eigenvalue weighted by Crippen LogP contribution is 2.16. The number of carbonyl (C=O) groups excluding carboxylic acids is 2. The molecule has 126 valence electrons. The molecule has 0 aliphatic carbocycles. The number of carbonyl (C=O) groups is 2. The lowest BCUT2D eigenvalue weighted by Crippen LogP contribution is -2.20. The summed E-state index contributed by atoms with van der Waals surface area (Å²) in [6, 6.07) is 12.1. The molecule has 2 aromatic carbocycles. The van der Waals surface area contributed by atoms with Gasteiger partial charge in [0.25, 0.3) is 5.91 Å². The number of amides is 2. The molecule has 0 aromatic heterocycles. The summed E-state index contributed by atoms with van der Waals surface area (Å²) in [6.07, 6.45) is 0.150. The molecule has 2 aromatic rings. The molecule has 2 rings (SSSR count). The van der Waals surface area contributed by atoms with Crippen molar-refractivity contribution in [3.8, 4) is 11.5 Å². The van der Waals surface area contributed by atoms with Gasteiger partial charge in [-0.3, -0.25) is 9.59 Å². The predicted molar refractivity (Wildman–Crippen MR) is 86.3 cm³/mol. The normalized spacial score (nSPS) is 10.0. The van der Waals surface area contributed by atoms with Gasteiger partial charge in [-0.05, 0) is 48.5 Å². The lowest BCUT2D eigenvalue weighted by atomic mass is 10.3. The Morgan fingerprint density at radius 1 is 0.958 bits per heavy atom. The van der Waals surface area contributed by atoms with E-state index in [1.54, 1.807) is 24.3 Å². The van der Waals surface area contributed by atoms with Crippen molar-refractivity contribution in [2.75, 3.05) is 18.5 Å². The quantitative estimate of drug-likeness (QED) is 0.774. The van der Waals surface area contributed by atoms with Crippen LogP contribution < -0.4 is 20.5 Å². The van der Waals surface area contributed by atoms with Gasteiger partial charge >= 0.3 is 0 Å². The molecule has 7 heteroatoms. The zero-order valence-electron chi connectivity index (χ0n) is 12.8. The van der Waals surface area contributed by atoms with Gasteiger partial charge in [0.05, 0.1) is 13.0 Å². The number of primary amides is 1. The van der Waals surface area contributed by atoms with Crippen molar-refractivity contribution in [1.82, 2.24) is 0 Å². The molecule has 0 radical (unpaired) electrons. The van der Waals surface area contributed by atoms with E-state index in [4.69, 9.17) is 15.2 Å². The second-order valence-electron chi connectivity index (χ2n) is 4.88. The zero-order chi connectivity index (χ0) is 17.4. The Morgan fingerprint density at radius 3 is 2.17 bits per heavy atom. The van der Waals surface area contributed by atoms with Gasteiger partial charge in [-0.25, -0.2) is 4.39 Å². The second-order valence-corrected chi connectivity index (χ2v) is 4.88. The summed E-state index contributed by atoms with van der Waals surface area (Å²) in [5.41, 5.74) is 5.57. The molecular formula is C17H17FN2O4. The van der Waals surface area contributed by atoms with Crippen LogP contribution in [0, 0.1) is 5.82 Å². The first-order chi connectivity index (χ1) is 11.5. The van der Waals surface area contributed by atoms with E-state index in [0.29, 0.717) is 17.2 Å². The minimum Gasteiger partial charge on any atom is -0.493 e.